The summed E-state index contributed by atoms with van der Waals surface area (Å²) in [7, 11) is 1.65. The van der Waals surface area contributed by atoms with Gasteiger partial charge in [0.25, 0.3) is 0 Å². The van der Waals surface area contributed by atoms with Crippen molar-refractivity contribution in [2.45, 2.75) is 18.5 Å². The summed E-state index contributed by atoms with van der Waals surface area (Å²) in [6.45, 7) is 2.56. The van der Waals surface area contributed by atoms with Crippen molar-refractivity contribution < 1.29 is 9.53 Å². The number of tetrazole rings is 1. The molecule has 30 heavy (non-hydrogen) atoms. The molecule has 2 aromatic carbocycles. The molecule has 0 bridgehead atoms. The number of aromatic amines is 1. The van der Waals surface area contributed by atoms with E-state index in [0.717, 1.165) is 39.9 Å². The Kier molecular flexibility index (Phi) is 5.99. The first-order valence-electron chi connectivity index (χ1n) is 9.53. The van der Waals surface area contributed by atoms with Crippen LogP contribution in [0.4, 0.5) is 0 Å². The van der Waals surface area contributed by atoms with Crippen molar-refractivity contribution in [3.63, 3.8) is 0 Å². The van der Waals surface area contributed by atoms with Crippen molar-refractivity contribution in [2.24, 2.45) is 0 Å². The van der Waals surface area contributed by atoms with E-state index in [0.29, 0.717) is 11.7 Å². The molecule has 0 aliphatic heterocycles. The number of fused-ring (bicyclic) bond motifs is 1. The van der Waals surface area contributed by atoms with Gasteiger partial charge in [-0.05, 0) is 53.1 Å². The second-order valence-corrected chi connectivity index (χ2v) is 7.72. The monoisotopic (exact) mass is 422 g/mol. The molecule has 2 N–H and O–H groups in total. The van der Waals surface area contributed by atoms with Gasteiger partial charge in [-0.15, -0.1) is 5.10 Å². The van der Waals surface area contributed by atoms with Crippen LogP contribution in [0.15, 0.2) is 53.8 Å². The Hall–Kier alpha value is -3.33. The molecule has 4 rings (SSSR count). The second-order valence-electron chi connectivity index (χ2n) is 6.77. The topological polar surface area (TPSA) is 97.7 Å². The van der Waals surface area contributed by atoms with Crippen molar-refractivity contribution in [3.05, 3.63) is 59.8 Å². The van der Waals surface area contributed by atoms with Crippen LogP contribution in [0, 0.1) is 6.92 Å². The van der Waals surface area contributed by atoms with Crippen molar-refractivity contribution >= 4 is 28.6 Å². The maximum atomic E-state index is 12.3. The normalized spacial score (nSPS) is 11.0. The molecule has 0 spiro atoms. The molecule has 2 heterocycles. The first kappa shape index (κ1) is 20.0. The minimum atomic E-state index is -0.0548. The Morgan fingerprint density at radius 2 is 2.13 bits per heavy atom. The molecule has 8 nitrogen and oxygen atoms in total. The van der Waals surface area contributed by atoms with E-state index in [4.69, 9.17) is 4.74 Å². The van der Waals surface area contributed by atoms with E-state index in [-0.39, 0.29) is 11.7 Å². The third-order valence-electron chi connectivity index (χ3n) is 4.81. The number of carbonyl (C=O) groups excluding carboxylic acids is 1. The SMILES string of the molecule is COc1ccc2c(CCNC(=O)CSc3nnnn3-c3ccccc3C)c[nH]c2c1. The molecule has 154 valence electrons. The summed E-state index contributed by atoms with van der Waals surface area (Å²) >= 11 is 1.31. The van der Waals surface area contributed by atoms with Gasteiger partial charge < -0.3 is 15.0 Å². The summed E-state index contributed by atoms with van der Waals surface area (Å²) in [4.78, 5) is 15.5. The van der Waals surface area contributed by atoms with Crippen LogP contribution in [0.1, 0.15) is 11.1 Å². The number of methoxy groups -OCH3 is 1. The number of ether oxygens (including phenoxy) is 1. The van der Waals surface area contributed by atoms with E-state index in [2.05, 4.69) is 25.8 Å². The highest BCUT2D eigenvalue weighted by Crippen LogP contribution is 2.23. The number of thioether (sulfide) groups is 1. The fourth-order valence-corrected chi connectivity index (χ4v) is 3.95. The first-order valence-corrected chi connectivity index (χ1v) is 10.5. The number of aromatic nitrogens is 5. The minimum Gasteiger partial charge on any atom is -0.497 e. The molecular weight excluding hydrogens is 400 g/mol. The summed E-state index contributed by atoms with van der Waals surface area (Å²) in [5.74, 6) is 1.01. The number of nitrogens with zero attached hydrogens (tertiary/aromatic N) is 4. The Morgan fingerprint density at radius 3 is 2.97 bits per heavy atom. The fourth-order valence-electron chi connectivity index (χ4n) is 3.24. The predicted molar refractivity (Wildman–Crippen MR) is 116 cm³/mol. The molecule has 0 aliphatic rings. The van der Waals surface area contributed by atoms with E-state index >= 15 is 0 Å². The van der Waals surface area contributed by atoms with Gasteiger partial charge in [0.1, 0.15) is 5.75 Å². The number of carbonyl (C=O) groups is 1. The highest BCUT2D eigenvalue weighted by molar-refractivity contribution is 7.99. The molecule has 0 saturated heterocycles. The smallest absolute Gasteiger partial charge is 0.230 e. The van der Waals surface area contributed by atoms with Crippen molar-refractivity contribution in [1.29, 1.82) is 0 Å². The standard InChI is InChI=1S/C21H22N6O2S/c1-14-5-3-4-6-19(14)27-21(24-25-26-27)30-13-20(28)22-10-9-15-12-23-18-11-16(29-2)7-8-17(15)18/h3-8,11-12,23H,9-10,13H2,1-2H3,(H,22,28). The van der Waals surface area contributed by atoms with Crippen LogP contribution in [0.3, 0.4) is 0 Å². The third-order valence-corrected chi connectivity index (χ3v) is 5.73. The van der Waals surface area contributed by atoms with Crippen molar-refractivity contribution in [2.75, 3.05) is 19.4 Å². The average Bonchev–Trinajstić information content (AvgIpc) is 3.39. The maximum Gasteiger partial charge on any atom is 0.230 e. The van der Waals surface area contributed by atoms with Crippen LogP contribution >= 0.6 is 11.8 Å². The molecule has 0 aliphatic carbocycles. The molecule has 0 fully saturated rings. The zero-order chi connectivity index (χ0) is 20.9. The maximum absolute atomic E-state index is 12.3. The number of hydrogen-bond acceptors (Lipinski definition) is 6. The van der Waals surface area contributed by atoms with E-state index in [9.17, 15) is 4.79 Å². The Bertz CT molecular complexity index is 1170. The van der Waals surface area contributed by atoms with Crippen LogP contribution in [0.2, 0.25) is 0 Å². The van der Waals surface area contributed by atoms with Crippen LogP contribution in [-0.2, 0) is 11.2 Å². The lowest BCUT2D eigenvalue weighted by Crippen LogP contribution is -2.27. The Morgan fingerprint density at radius 1 is 1.27 bits per heavy atom. The molecule has 0 saturated carbocycles. The predicted octanol–water partition coefficient (Wildman–Crippen LogP) is 2.91. The van der Waals surface area contributed by atoms with Crippen LogP contribution < -0.4 is 10.1 Å². The van der Waals surface area contributed by atoms with Crippen LogP contribution in [0.5, 0.6) is 5.75 Å². The molecule has 4 aromatic rings. The minimum absolute atomic E-state index is 0.0548. The van der Waals surface area contributed by atoms with Gasteiger partial charge in [-0.1, -0.05) is 30.0 Å². The largest absolute Gasteiger partial charge is 0.497 e. The summed E-state index contributed by atoms with van der Waals surface area (Å²) < 4.78 is 6.91. The molecule has 2 aromatic heterocycles. The summed E-state index contributed by atoms with van der Waals surface area (Å²) in [6, 6.07) is 13.8. The molecule has 9 heteroatoms. The number of rotatable bonds is 8. The van der Waals surface area contributed by atoms with Gasteiger partial charge >= 0.3 is 0 Å². The van der Waals surface area contributed by atoms with E-state index in [1.165, 1.54) is 11.8 Å². The molecule has 0 atom stereocenters. The third kappa shape index (κ3) is 4.30. The summed E-state index contributed by atoms with van der Waals surface area (Å²) in [5.41, 5.74) is 4.15. The summed E-state index contributed by atoms with van der Waals surface area (Å²) in [6.07, 6.45) is 2.71. The van der Waals surface area contributed by atoms with Crippen molar-refractivity contribution in [1.82, 2.24) is 30.5 Å². The Labute approximate surface area is 178 Å². The number of para-hydroxylation sites is 1. The number of hydrogen-bond donors (Lipinski definition) is 2. The molecular formula is C21H22N6O2S. The van der Waals surface area contributed by atoms with Gasteiger partial charge in [-0.3, -0.25) is 4.79 Å². The quantitative estimate of drug-likeness (QED) is 0.424. The molecule has 0 unspecified atom stereocenters. The van der Waals surface area contributed by atoms with Crippen LogP contribution in [0.25, 0.3) is 16.6 Å². The van der Waals surface area contributed by atoms with Gasteiger partial charge in [0.2, 0.25) is 11.1 Å². The Balaban J connectivity index is 1.31. The lowest BCUT2D eigenvalue weighted by molar-refractivity contribution is -0.118. The van der Waals surface area contributed by atoms with Crippen molar-refractivity contribution in [3.8, 4) is 11.4 Å². The van der Waals surface area contributed by atoms with Gasteiger partial charge in [-0.2, -0.15) is 4.68 Å². The zero-order valence-corrected chi connectivity index (χ0v) is 17.6. The number of nitrogens with one attached hydrogen (secondary N) is 2. The average molecular weight is 423 g/mol. The fraction of sp³-hybridized carbons (Fsp3) is 0.238. The van der Waals surface area contributed by atoms with E-state index < -0.39 is 0 Å². The van der Waals surface area contributed by atoms with E-state index in [1.54, 1.807) is 11.8 Å². The lowest BCUT2D eigenvalue weighted by atomic mass is 10.1. The van der Waals surface area contributed by atoms with E-state index in [1.807, 2.05) is 55.6 Å². The lowest BCUT2D eigenvalue weighted by Gasteiger charge is -2.07. The first-order chi connectivity index (χ1) is 14.7. The zero-order valence-electron chi connectivity index (χ0n) is 16.8. The molecule has 0 radical (unpaired) electrons. The highest BCUT2D eigenvalue weighted by Gasteiger charge is 2.13. The summed E-state index contributed by atoms with van der Waals surface area (Å²) in [5, 5.41) is 16.5. The highest BCUT2D eigenvalue weighted by atomic mass is 32.2. The van der Waals surface area contributed by atoms with Gasteiger partial charge in [0, 0.05) is 29.7 Å². The number of benzene rings is 2. The van der Waals surface area contributed by atoms with Gasteiger partial charge in [0.05, 0.1) is 18.6 Å². The number of aryl methyl sites for hydroxylation is 1. The molecule has 1 amide bonds. The number of H-pyrrole nitrogens is 1. The van der Waals surface area contributed by atoms with Gasteiger partial charge in [0.15, 0.2) is 0 Å². The number of amides is 1. The van der Waals surface area contributed by atoms with Gasteiger partial charge in [-0.25, -0.2) is 0 Å². The van der Waals surface area contributed by atoms with Crippen LogP contribution in [-0.4, -0.2) is 50.5 Å². The second kappa shape index (κ2) is 9.00.